The van der Waals surface area contributed by atoms with Crippen molar-refractivity contribution in [1.82, 2.24) is 10.6 Å². The standard InChI is InChI=1S/C16H20F10N2O4.C2H6/c17-13(18,15(21,22)23)7-31-11(29)27-5-9-2-1-3-10(4-9)6-28-12(30)32-8-14(19,20)16(24,25)26;1-2/h9-10H,1-8H2,(H,27,29)(H,28,30);1-2H3. The topological polar surface area (TPSA) is 76.7 Å². The lowest BCUT2D eigenvalue weighted by Gasteiger charge is -2.29. The molecule has 6 nitrogen and oxygen atoms in total. The Bertz CT molecular complexity index is 589. The summed E-state index contributed by atoms with van der Waals surface area (Å²) in [6.07, 6.45) is -12.7. The number of carbonyl (C=O) groups is 2. The van der Waals surface area contributed by atoms with Crippen LogP contribution in [0.5, 0.6) is 0 Å². The molecule has 2 N–H and O–H groups in total. The highest BCUT2D eigenvalue weighted by Crippen LogP contribution is 2.36. The molecule has 0 aliphatic heterocycles. The smallest absolute Gasteiger partial charge is 0.443 e. The highest BCUT2D eigenvalue weighted by atomic mass is 19.4. The van der Waals surface area contributed by atoms with E-state index >= 15 is 0 Å². The maximum Gasteiger partial charge on any atom is 0.456 e. The van der Waals surface area contributed by atoms with Gasteiger partial charge in [-0.1, -0.05) is 20.3 Å². The van der Waals surface area contributed by atoms with Crippen molar-refractivity contribution in [1.29, 1.82) is 0 Å². The van der Waals surface area contributed by atoms with Gasteiger partial charge in [0.2, 0.25) is 0 Å². The molecule has 1 rings (SSSR count). The molecule has 2 unspecified atom stereocenters. The minimum atomic E-state index is -5.87. The van der Waals surface area contributed by atoms with Crippen LogP contribution in [-0.4, -0.2) is 62.7 Å². The van der Waals surface area contributed by atoms with Crippen LogP contribution >= 0.6 is 0 Å². The minimum Gasteiger partial charge on any atom is -0.443 e. The zero-order valence-corrected chi connectivity index (χ0v) is 18.2. The fourth-order valence-corrected chi connectivity index (χ4v) is 2.81. The molecule has 0 aromatic heterocycles. The molecular formula is C18H26F10N2O4. The lowest BCUT2D eigenvalue weighted by molar-refractivity contribution is -0.292. The number of ether oxygens (including phenoxy) is 2. The average Bonchev–Trinajstić information content (AvgIpc) is 2.73. The van der Waals surface area contributed by atoms with Crippen molar-refractivity contribution in [3.8, 4) is 0 Å². The summed E-state index contributed by atoms with van der Waals surface area (Å²) in [6, 6.07) is 0. The number of nitrogens with one attached hydrogen (secondary N) is 2. The van der Waals surface area contributed by atoms with Gasteiger partial charge in [-0.05, 0) is 31.1 Å². The van der Waals surface area contributed by atoms with Crippen LogP contribution in [0.1, 0.15) is 39.5 Å². The molecule has 2 atom stereocenters. The molecule has 0 spiro atoms. The number of hydrogen-bond acceptors (Lipinski definition) is 4. The van der Waals surface area contributed by atoms with Crippen molar-refractivity contribution in [2.45, 2.75) is 63.7 Å². The van der Waals surface area contributed by atoms with Gasteiger partial charge < -0.3 is 20.1 Å². The Balaban J connectivity index is 0.00000529. The number of carbonyl (C=O) groups excluding carboxylic acids is 2. The van der Waals surface area contributed by atoms with Crippen LogP contribution < -0.4 is 10.6 Å². The molecule has 0 saturated heterocycles. The zero-order valence-electron chi connectivity index (χ0n) is 18.2. The van der Waals surface area contributed by atoms with E-state index in [1.54, 1.807) is 0 Å². The predicted molar refractivity (Wildman–Crippen MR) is 97.5 cm³/mol. The maximum absolute atomic E-state index is 12.7. The van der Waals surface area contributed by atoms with E-state index in [1.165, 1.54) is 0 Å². The van der Waals surface area contributed by atoms with E-state index in [0.29, 0.717) is 25.7 Å². The molecule has 0 aromatic carbocycles. The summed E-state index contributed by atoms with van der Waals surface area (Å²) in [6.45, 7) is -0.631. The Morgan fingerprint density at radius 2 is 1.03 bits per heavy atom. The van der Waals surface area contributed by atoms with Crippen molar-refractivity contribution in [3.63, 3.8) is 0 Å². The van der Waals surface area contributed by atoms with Gasteiger partial charge in [-0.25, -0.2) is 9.59 Å². The van der Waals surface area contributed by atoms with Crippen LogP contribution in [-0.2, 0) is 9.47 Å². The summed E-state index contributed by atoms with van der Waals surface area (Å²) >= 11 is 0. The van der Waals surface area contributed by atoms with Gasteiger partial charge in [0.1, 0.15) is 0 Å². The summed E-state index contributed by atoms with van der Waals surface area (Å²) < 4.78 is 131. The second-order valence-electron chi connectivity index (χ2n) is 7.22. The highest BCUT2D eigenvalue weighted by molar-refractivity contribution is 5.67. The number of alkyl carbamates (subject to hydrolysis) is 2. The van der Waals surface area contributed by atoms with E-state index in [4.69, 9.17) is 0 Å². The molecule has 1 aliphatic rings. The number of amides is 2. The van der Waals surface area contributed by atoms with E-state index in [9.17, 15) is 53.5 Å². The Labute approximate surface area is 188 Å². The third-order valence-electron chi connectivity index (χ3n) is 4.56. The summed E-state index contributed by atoms with van der Waals surface area (Å²) in [7, 11) is 0. The molecule has 1 fully saturated rings. The van der Waals surface area contributed by atoms with Crippen molar-refractivity contribution in [3.05, 3.63) is 0 Å². The Hall–Kier alpha value is -2.16. The summed E-state index contributed by atoms with van der Waals surface area (Å²) in [5, 5.41) is 4.10. The van der Waals surface area contributed by atoms with Crippen LogP contribution in [0.15, 0.2) is 0 Å². The first-order chi connectivity index (χ1) is 15.4. The van der Waals surface area contributed by atoms with Crippen LogP contribution in [0.2, 0.25) is 0 Å². The first-order valence-corrected chi connectivity index (χ1v) is 10.1. The normalized spacial score (nSPS) is 19.4. The third kappa shape index (κ3) is 10.8. The van der Waals surface area contributed by atoms with Gasteiger partial charge in [-0.3, -0.25) is 0 Å². The summed E-state index contributed by atoms with van der Waals surface area (Å²) in [4.78, 5) is 22.7. The first kappa shape index (κ1) is 31.8. The van der Waals surface area contributed by atoms with E-state index in [2.05, 4.69) is 9.47 Å². The van der Waals surface area contributed by atoms with Gasteiger partial charge in [-0.2, -0.15) is 43.9 Å². The van der Waals surface area contributed by atoms with E-state index in [1.807, 2.05) is 24.5 Å². The Morgan fingerprint density at radius 3 is 1.32 bits per heavy atom. The third-order valence-corrected chi connectivity index (χ3v) is 4.56. The summed E-state index contributed by atoms with van der Waals surface area (Å²) in [5.74, 6) is -10.9. The molecule has 1 aliphatic carbocycles. The van der Waals surface area contributed by atoms with Crippen molar-refractivity contribution in [2.75, 3.05) is 26.3 Å². The van der Waals surface area contributed by atoms with Crippen molar-refractivity contribution < 1.29 is 63.0 Å². The molecule has 16 heteroatoms. The molecule has 1 saturated carbocycles. The van der Waals surface area contributed by atoms with Gasteiger partial charge in [0, 0.05) is 13.1 Å². The lowest BCUT2D eigenvalue weighted by atomic mass is 9.81. The monoisotopic (exact) mass is 524 g/mol. The van der Waals surface area contributed by atoms with Gasteiger partial charge >= 0.3 is 36.4 Å². The number of rotatable bonds is 8. The predicted octanol–water partition coefficient (Wildman–Crippen LogP) is 5.67. The SMILES string of the molecule is CC.O=C(NCC1CCCC(CNC(=O)OCC(F)(F)C(F)(F)F)C1)OCC(F)(F)C(F)(F)F. The zero-order chi connectivity index (χ0) is 26.8. The molecule has 34 heavy (non-hydrogen) atoms. The van der Waals surface area contributed by atoms with Crippen LogP contribution in [0.4, 0.5) is 53.5 Å². The number of hydrogen-bond donors (Lipinski definition) is 2. The fourth-order valence-electron chi connectivity index (χ4n) is 2.81. The van der Waals surface area contributed by atoms with Gasteiger partial charge in [-0.15, -0.1) is 0 Å². The summed E-state index contributed by atoms with van der Waals surface area (Å²) in [5.41, 5.74) is 0. The molecule has 0 radical (unpaired) electrons. The van der Waals surface area contributed by atoms with Crippen molar-refractivity contribution >= 4 is 12.2 Å². The number of alkyl halides is 10. The van der Waals surface area contributed by atoms with Crippen LogP contribution in [0.25, 0.3) is 0 Å². The molecule has 2 amide bonds. The highest BCUT2D eigenvalue weighted by Gasteiger charge is 2.59. The molecule has 0 aromatic rings. The lowest BCUT2D eigenvalue weighted by Crippen LogP contribution is -2.43. The van der Waals surface area contributed by atoms with Crippen LogP contribution in [0.3, 0.4) is 0 Å². The largest absolute Gasteiger partial charge is 0.456 e. The quantitative estimate of drug-likeness (QED) is 0.402. The van der Waals surface area contributed by atoms with E-state index in [0.717, 1.165) is 0 Å². The Morgan fingerprint density at radius 1 is 0.706 bits per heavy atom. The Kier molecular flexibility index (Phi) is 12.2. The van der Waals surface area contributed by atoms with Gasteiger partial charge in [0.25, 0.3) is 0 Å². The maximum atomic E-state index is 12.7. The van der Waals surface area contributed by atoms with E-state index in [-0.39, 0.29) is 24.9 Å². The molecule has 202 valence electrons. The average molecular weight is 524 g/mol. The number of halogens is 10. The van der Waals surface area contributed by atoms with Gasteiger partial charge in [0.05, 0.1) is 0 Å². The fraction of sp³-hybridized carbons (Fsp3) is 0.889. The first-order valence-electron chi connectivity index (χ1n) is 10.1. The minimum absolute atomic E-state index is 0.130. The second kappa shape index (κ2) is 13.1. The van der Waals surface area contributed by atoms with Crippen molar-refractivity contribution in [2.24, 2.45) is 11.8 Å². The molecular weight excluding hydrogens is 498 g/mol. The van der Waals surface area contributed by atoms with E-state index < -0.39 is 49.6 Å². The molecule has 0 bridgehead atoms. The van der Waals surface area contributed by atoms with Gasteiger partial charge in [0.15, 0.2) is 13.2 Å². The molecule has 0 heterocycles. The van der Waals surface area contributed by atoms with Crippen LogP contribution in [0, 0.1) is 11.8 Å². The second-order valence-corrected chi connectivity index (χ2v) is 7.22.